The van der Waals surface area contributed by atoms with Crippen molar-refractivity contribution in [1.82, 2.24) is 4.90 Å². The molecule has 1 amide bonds. The van der Waals surface area contributed by atoms with E-state index in [9.17, 15) is 4.79 Å². The lowest BCUT2D eigenvalue weighted by atomic mass is 10.0. The Labute approximate surface area is 97.6 Å². The van der Waals surface area contributed by atoms with Crippen LogP contribution in [0.3, 0.4) is 0 Å². The van der Waals surface area contributed by atoms with Crippen LogP contribution in [0.4, 0.5) is 4.79 Å². The van der Waals surface area contributed by atoms with Crippen molar-refractivity contribution in [3.63, 3.8) is 0 Å². The molecule has 1 atom stereocenters. The van der Waals surface area contributed by atoms with E-state index in [0.29, 0.717) is 6.42 Å². The zero-order valence-corrected chi connectivity index (χ0v) is 10.5. The Balaban J connectivity index is 2.57. The molecule has 1 N–H and O–H groups in total. The van der Waals surface area contributed by atoms with Gasteiger partial charge in [-0.2, -0.15) is 0 Å². The number of hydrogen-bond acceptors (Lipinski definition) is 3. The van der Waals surface area contributed by atoms with Gasteiger partial charge in [-0.05, 0) is 46.5 Å². The minimum absolute atomic E-state index is 0.129. The minimum atomic E-state index is -0.446. The summed E-state index contributed by atoms with van der Waals surface area (Å²) in [6, 6.07) is 0.147. The number of ether oxygens (including phenoxy) is 1. The van der Waals surface area contributed by atoms with Gasteiger partial charge in [0.25, 0.3) is 0 Å². The van der Waals surface area contributed by atoms with Gasteiger partial charge >= 0.3 is 6.09 Å². The third-order valence-corrected chi connectivity index (χ3v) is 2.72. The average molecular weight is 229 g/mol. The van der Waals surface area contributed by atoms with Crippen molar-refractivity contribution in [2.45, 2.75) is 58.1 Å². The van der Waals surface area contributed by atoms with E-state index < -0.39 is 5.60 Å². The highest BCUT2D eigenvalue weighted by atomic mass is 16.6. The van der Waals surface area contributed by atoms with Crippen molar-refractivity contribution in [2.24, 2.45) is 0 Å². The van der Waals surface area contributed by atoms with Crippen molar-refractivity contribution < 1.29 is 14.6 Å². The summed E-state index contributed by atoms with van der Waals surface area (Å²) in [4.78, 5) is 13.7. The van der Waals surface area contributed by atoms with Gasteiger partial charge in [0.2, 0.25) is 0 Å². The van der Waals surface area contributed by atoms with Crippen molar-refractivity contribution in [3.8, 4) is 0 Å². The number of likely N-dealkylation sites (tertiary alicyclic amines) is 1. The number of amides is 1. The lowest BCUT2D eigenvalue weighted by Gasteiger charge is -2.36. The molecule has 0 radical (unpaired) electrons. The number of aliphatic hydroxyl groups is 1. The lowest BCUT2D eigenvalue weighted by molar-refractivity contribution is 0.00706. The van der Waals surface area contributed by atoms with Gasteiger partial charge in [0.15, 0.2) is 0 Å². The average Bonchev–Trinajstić information content (AvgIpc) is 2.16. The number of piperidine rings is 1. The van der Waals surface area contributed by atoms with Crippen molar-refractivity contribution in [3.05, 3.63) is 0 Å². The van der Waals surface area contributed by atoms with E-state index in [1.807, 2.05) is 20.8 Å². The summed E-state index contributed by atoms with van der Waals surface area (Å²) in [6.07, 6.45) is 3.54. The summed E-state index contributed by atoms with van der Waals surface area (Å²) in [7, 11) is 0. The number of carbonyl (C=O) groups excluding carboxylic acids is 1. The molecule has 0 aromatic rings. The first kappa shape index (κ1) is 13.3. The summed E-state index contributed by atoms with van der Waals surface area (Å²) in [5, 5.41) is 8.97. The van der Waals surface area contributed by atoms with Crippen LogP contribution < -0.4 is 0 Å². The molecular weight excluding hydrogens is 206 g/mol. The maximum atomic E-state index is 11.9. The summed E-state index contributed by atoms with van der Waals surface area (Å²) >= 11 is 0. The molecule has 0 aromatic heterocycles. The predicted octanol–water partition coefficient (Wildman–Crippen LogP) is 2.16. The monoisotopic (exact) mass is 229 g/mol. The third-order valence-electron chi connectivity index (χ3n) is 2.72. The standard InChI is InChI=1S/C12H23NO3/c1-12(2,3)16-11(15)13-8-5-4-6-10(13)7-9-14/h10,14H,4-9H2,1-3H3/t10-/m1/s1. The van der Waals surface area contributed by atoms with Crippen LogP contribution in [0, 0.1) is 0 Å². The SMILES string of the molecule is CC(C)(C)OC(=O)N1CCCC[C@@H]1CCO. The molecule has 0 bridgehead atoms. The molecule has 1 saturated heterocycles. The van der Waals surface area contributed by atoms with Crippen molar-refractivity contribution in [1.29, 1.82) is 0 Å². The first-order valence-corrected chi connectivity index (χ1v) is 6.04. The highest BCUT2D eigenvalue weighted by Crippen LogP contribution is 2.22. The van der Waals surface area contributed by atoms with E-state index >= 15 is 0 Å². The molecule has 1 aliphatic heterocycles. The zero-order chi connectivity index (χ0) is 12.2. The Morgan fingerprint density at radius 1 is 1.44 bits per heavy atom. The first-order valence-electron chi connectivity index (χ1n) is 6.04. The Morgan fingerprint density at radius 3 is 2.69 bits per heavy atom. The maximum absolute atomic E-state index is 11.9. The van der Waals surface area contributed by atoms with Crippen LogP contribution in [0.5, 0.6) is 0 Å². The summed E-state index contributed by atoms with van der Waals surface area (Å²) in [6.45, 7) is 6.49. The first-order chi connectivity index (χ1) is 7.44. The van der Waals surface area contributed by atoms with E-state index in [-0.39, 0.29) is 18.7 Å². The van der Waals surface area contributed by atoms with Crippen LogP contribution in [0.1, 0.15) is 46.5 Å². The third kappa shape index (κ3) is 4.00. The van der Waals surface area contributed by atoms with Gasteiger partial charge in [-0.3, -0.25) is 0 Å². The number of rotatable bonds is 2. The predicted molar refractivity (Wildman–Crippen MR) is 62.3 cm³/mol. The molecule has 0 aromatic carbocycles. The second-order valence-corrected chi connectivity index (χ2v) is 5.34. The number of carbonyl (C=O) groups is 1. The molecule has 4 heteroatoms. The summed E-state index contributed by atoms with van der Waals surface area (Å²) in [5.41, 5.74) is -0.446. The van der Waals surface area contributed by atoms with E-state index in [1.54, 1.807) is 4.90 Å². The fraction of sp³-hybridized carbons (Fsp3) is 0.917. The van der Waals surface area contributed by atoms with E-state index in [2.05, 4.69) is 0 Å². The van der Waals surface area contributed by atoms with Crippen LogP contribution in [0.25, 0.3) is 0 Å². The Hall–Kier alpha value is -0.770. The highest BCUT2D eigenvalue weighted by Gasteiger charge is 2.29. The van der Waals surface area contributed by atoms with Crippen molar-refractivity contribution in [2.75, 3.05) is 13.2 Å². The summed E-state index contributed by atoms with van der Waals surface area (Å²) in [5.74, 6) is 0. The number of aliphatic hydroxyl groups excluding tert-OH is 1. The van der Waals surface area contributed by atoms with Crippen LogP contribution in [0.2, 0.25) is 0 Å². The molecule has 0 unspecified atom stereocenters. The molecular formula is C12H23NO3. The Bertz CT molecular complexity index is 233. The highest BCUT2D eigenvalue weighted by molar-refractivity contribution is 5.68. The lowest BCUT2D eigenvalue weighted by Crippen LogP contribution is -2.46. The smallest absolute Gasteiger partial charge is 0.410 e. The number of hydrogen-bond donors (Lipinski definition) is 1. The molecule has 1 aliphatic rings. The normalized spacial score (nSPS) is 22.0. The molecule has 16 heavy (non-hydrogen) atoms. The van der Waals surface area contributed by atoms with Gasteiger partial charge in [-0.1, -0.05) is 0 Å². The van der Waals surface area contributed by atoms with Crippen LogP contribution in [0.15, 0.2) is 0 Å². The fourth-order valence-corrected chi connectivity index (χ4v) is 2.01. The molecule has 1 rings (SSSR count). The Morgan fingerprint density at radius 2 is 2.12 bits per heavy atom. The molecule has 0 aliphatic carbocycles. The second kappa shape index (κ2) is 5.53. The molecule has 1 heterocycles. The summed E-state index contributed by atoms with van der Waals surface area (Å²) < 4.78 is 5.36. The Kier molecular flexibility index (Phi) is 4.59. The van der Waals surface area contributed by atoms with E-state index in [1.165, 1.54) is 0 Å². The number of nitrogens with zero attached hydrogens (tertiary/aromatic N) is 1. The van der Waals surface area contributed by atoms with Gasteiger partial charge in [-0.15, -0.1) is 0 Å². The van der Waals surface area contributed by atoms with Crippen LogP contribution in [-0.4, -0.2) is 40.9 Å². The van der Waals surface area contributed by atoms with Gasteiger partial charge in [0.1, 0.15) is 5.60 Å². The van der Waals surface area contributed by atoms with Crippen molar-refractivity contribution >= 4 is 6.09 Å². The van der Waals surface area contributed by atoms with Gasteiger partial charge in [0, 0.05) is 19.2 Å². The van der Waals surface area contributed by atoms with Gasteiger partial charge in [0.05, 0.1) is 0 Å². The van der Waals surface area contributed by atoms with Crippen LogP contribution in [-0.2, 0) is 4.74 Å². The zero-order valence-electron chi connectivity index (χ0n) is 10.5. The molecule has 4 nitrogen and oxygen atoms in total. The molecule has 0 saturated carbocycles. The minimum Gasteiger partial charge on any atom is -0.444 e. The van der Waals surface area contributed by atoms with E-state index in [4.69, 9.17) is 9.84 Å². The second-order valence-electron chi connectivity index (χ2n) is 5.34. The van der Waals surface area contributed by atoms with E-state index in [0.717, 1.165) is 25.8 Å². The molecule has 1 fully saturated rings. The molecule has 0 spiro atoms. The van der Waals surface area contributed by atoms with Gasteiger partial charge in [-0.25, -0.2) is 4.79 Å². The topological polar surface area (TPSA) is 49.8 Å². The maximum Gasteiger partial charge on any atom is 0.410 e. The molecule has 94 valence electrons. The fourth-order valence-electron chi connectivity index (χ4n) is 2.01. The van der Waals surface area contributed by atoms with Crippen LogP contribution >= 0.6 is 0 Å². The quantitative estimate of drug-likeness (QED) is 0.789. The largest absolute Gasteiger partial charge is 0.444 e. The van der Waals surface area contributed by atoms with Gasteiger partial charge < -0.3 is 14.7 Å².